The van der Waals surface area contributed by atoms with Crippen LogP contribution in [0.3, 0.4) is 0 Å². The number of ether oxygens (including phenoxy) is 1. The summed E-state index contributed by atoms with van der Waals surface area (Å²) in [5.74, 6) is 0.533. The highest BCUT2D eigenvalue weighted by molar-refractivity contribution is 5.02. The van der Waals surface area contributed by atoms with E-state index in [-0.39, 0.29) is 6.61 Å². The van der Waals surface area contributed by atoms with Crippen LogP contribution >= 0.6 is 0 Å². The fourth-order valence-electron chi connectivity index (χ4n) is 0.876. The van der Waals surface area contributed by atoms with Crippen LogP contribution in [-0.4, -0.2) is 13.2 Å². The van der Waals surface area contributed by atoms with Gasteiger partial charge in [-0.25, -0.2) is 0 Å². The molecule has 4 nitrogen and oxygen atoms in total. The molecule has 0 aliphatic rings. The first-order valence-electron chi connectivity index (χ1n) is 4.02. The lowest BCUT2D eigenvalue weighted by Gasteiger charge is -1.99. The predicted octanol–water partition coefficient (Wildman–Crippen LogP) is 0.325. The third-order valence-corrected chi connectivity index (χ3v) is 1.34. The van der Waals surface area contributed by atoms with Crippen LogP contribution in [0.25, 0.3) is 0 Å². The van der Waals surface area contributed by atoms with E-state index in [0.29, 0.717) is 12.5 Å². The molecule has 0 spiro atoms. The summed E-state index contributed by atoms with van der Waals surface area (Å²) >= 11 is 0. The van der Waals surface area contributed by atoms with Gasteiger partial charge in [0, 0.05) is 10.8 Å². The van der Waals surface area contributed by atoms with Gasteiger partial charge in [0.25, 0.3) is 0 Å². The van der Waals surface area contributed by atoms with E-state index in [0.717, 1.165) is 0 Å². The number of nitrogens with zero attached hydrogens (tertiary/aromatic N) is 2. The number of pyridine rings is 1. The van der Waals surface area contributed by atoms with Crippen LogP contribution in [0.15, 0.2) is 24.4 Å². The molecule has 4 heteroatoms. The summed E-state index contributed by atoms with van der Waals surface area (Å²) in [4.78, 5) is 5.22. The molecule has 0 aromatic carbocycles. The van der Waals surface area contributed by atoms with Crippen molar-refractivity contribution >= 4 is 0 Å². The predicted molar refractivity (Wildman–Crippen MR) is 44.9 cm³/mol. The fraction of sp³-hybridized carbons (Fsp3) is 0.333. The zero-order valence-corrected chi connectivity index (χ0v) is 7.43. The molecular weight excluding hydrogens is 168 g/mol. The molecule has 1 rings (SSSR count). The Labute approximate surface area is 76.9 Å². The average Bonchev–Trinajstić information content (AvgIpc) is 2.17. The third kappa shape index (κ3) is 2.64. The van der Waals surface area contributed by atoms with E-state index in [1.165, 1.54) is 4.73 Å². The lowest BCUT2D eigenvalue weighted by Crippen LogP contribution is -2.43. The Bertz CT molecular complexity index is 307. The topological polar surface area (TPSA) is 46.1 Å². The molecule has 0 saturated carbocycles. The second kappa shape index (κ2) is 4.99. The number of nitriles is 1. The average molecular weight is 179 g/mol. The maximum absolute atomic E-state index is 8.32. The van der Waals surface area contributed by atoms with Gasteiger partial charge >= 0.3 is 5.88 Å². The van der Waals surface area contributed by atoms with E-state index in [1.54, 1.807) is 12.3 Å². The maximum Gasteiger partial charge on any atom is 0.417 e. The Kier molecular flexibility index (Phi) is 3.58. The van der Waals surface area contributed by atoms with E-state index in [1.807, 2.05) is 25.1 Å². The van der Waals surface area contributed by atoms with Gasteiger partial charge in [-0.2, -0.15) is 5.26 Å². The minimum atomic E-state index is 0.0249. The van der Waals surface area contributed by atoms with Crippen LogP contribution in [0.2, 0.25) is 0 Å². The van der Waals surface area contributed by atoms with Crippen LogP contribution in [-0.2, 0) is 0 Å². The van der Waals surface area contributed by atoms with Crippen molar-refractivity contribution in [2.75, 3.05) is 13.2 Å². The van der Waals surface area contributed by atoms with Gasteiger partial charge in [0.05, 0.1) is 6.07 Å². The smallest absolute Gasteiger partial charge is 0.417 e. The van der Waals surface area contributed by atoms with E-state index in [4.69, 9.17) is 14.8 Å². The van der Waals surface area contributed by atoms with Crippen LogP contribution in [0, 0.1) is 11.3 Å². The molecule has 0 fully saturated rings. The first-order valence-corrected chi connectivity index (χ1v) is 4.02. The second-order valence-corrected chi connectivity index (χ2v) is 2.23. The largest absolute Gasteiger partial charge is 0.426 e. The quantitative estimate of drug-likeness (QED) is 0.625. The molecule has 0 unspecified atom stereocenters. The SMILES string of the molecule is CCO[n+]1ccccc1OCC#N. The normalized spacial score (nSPS) is 8.92. The van der Waals surface area contributed by atoms with Crippen molar-refractivity contribution in [3.05, 3.63) is 24.4 Å². The highest BCUT2D eigenvalue weighted by Crippen LogP contribution is 1.99. The molecule has 1 heterocycles. The molecular formula is C9H11N2O2+. The molecule has 0 bridgehead atoms. The summed E-state index contributed by atoms with van der Waals surface area (Å²) in [7, 11) is 0. The molecule has 0 radical (unpaired) electrons. The second-order valence-electron chi connectivity index (χ2n) is 2.23. The summed E-state index contributed by atoms with van der Waals surface area (Å²) in [6.45, 7) is 2.46. The molecule has 1 aromatic rings. The van der Waals surface area contributed by atoms with Crippen molar-refractivity contribution in [1.29, 1.82) is 5.26 Å². The zero-order chi connectivity index (χ0) is 9.52. The Balaban J connectivity index is 2.73. The van der Waals surface area contributed by atoms with Crippen LogP contribution in [0.1, 0.15) is 6.92 Å². The van der Waals surface area contributed by atoms with Crippen molar-refractivity contribution in [2.45, 2.75) is 6.92 Å². The molecule has 0 N–H and O–H groups in total. The van der Waals surface area contributed by atoms with Crippen molar-refractivity contribution in [3.63, 3.8) is 0 Å². The number of hydrogen-bond acceptors (Lipinski definition) is 3. The molecule has 68 valence electrons. The van der Waals surface area contributed by atoms with Crippen molar-refractivity contribution in [2.24, 2.45) is 0 Å². The van der Waals surface area contributed by atoms with E-state index in [2.05, 4.69) is 0 Å². The Morgan fingerprint density at radius 2 is 2.38 bits per heavy atom. The summed E-state index contributed by atoms with van der Waals surface area (Å²) in [6.07, 6.45) is 1.73. The summed E-state index contributed by atoms with van der Waals surface area (Å²) in [5, 5.41) is 8.32. The molecule has 0 amide bonds. The maximum atomic E-state index is 8.32. The fourth-order valence-corrected chi connectivity index (χ4v) is 0.876. The standard InChI is InChI=1S/C9H11N2O2/c1-2-13-11-7-4-3-5-9(11)12-8-6-10/h3-5,7H,2,8H2,1H3/q+1. The van der Waals surface area contributed by atoms with Crippen molar-refractivity contribution < 1.29 is 14.3 Å². The van der Waals surface area contributed by atoms with Crippen molar-refractivity contribution in [3.8, 4) is 11.9 Å². The molecule has 0 aliphatic carbocycles. The van der Waals surface area contributed by atoms with Crippen LogP contribution < -0.4 is 14.3 Å². The Morgan fingerprint density at radius 3 is 3.08 bits per heavy atom. The first kappa shape index (κ1) is 9.33. The third-order valence-electron chi connectivity index (χ3n) is 1.34. The Hall–Kier alpha value is -1.76. The number of rotatable bonds is 4. The van der Waals surface area contributed by atoms with Gasteiger partial charge in [0.1, 0.15) is 6.07 Å². The van der Waals surface area contributed by atoms with E-state index < -0.39 is 0 Å². The van der Waals surface area contributed by atoms with Gasteiger partial charge in [-0.15, -0.1) is 0 Å². The lowest BCUT2D eigenvalue weighted by atomic mass is 10.5. The Morgan fingerprint density at radius 1 is 1.54 bits per heavy atom. The van der Waals surface area contributed by atoms with Crippen LogP contribution in [0.4, 0.5) is 0 Å². The van der Waals surface area contributed by atoms with E-state index >= 15 is 0 Å². The van der Waals surface area contributed by atoms with Gasteiger partial charge in [-0.05, 0) is 13.0 Å². The summed E-state index contributed by atoms with van der Waals surface area (Å²) in [6, 6.07) is 7.29. The molecule has 0 saturated heterocycles. The van der Waals surface area contributed by atoms with Gasteiger partial charge < -0.3 is 4.74 Å². The number of aromatic nitrogens is 1. The summed E-state index contributed by atoms with van der Waals surface area (Å²) < 4.78 is 6.61. The molecule has 1 aromatic heterocycles. The lowest BCUT2D eigenvalue weighted by molar-refractivity contribution is -0.892. The van der Waals surface area contributed by atoms with Gasteiger partial charge in [0.2, 0.25) is 6.20 Å². The highest BCUT2D eigenvalue weighted by atomic mass is 16.7. The van der Waals surface area contributed by atoms with Gasteiger partial charge in [-0.1, -0.05) is 0 Å². The molecule has 0 atom stereocenters. The minimum Gasteiger partial charge on any atom is -0.426 e. The number of hydrogen-bond donors (Lipinski definition) is 0. The minimum absolute atomic E-state index is 0.0249. The molecule has 0 aliphatic heterocycles. The van der Waals surface area contributed by atoms with Crippen LogP contribution in [0.5, 0.6) is 5.88 Å². The van der Waals surface area contributed by atoms with Gasteiger partial charge in [0.15, 0.2) is 13.2 Å². The highest BCUT2D eigenvalue weighted by Gasteiger charge is 2.11. The first-order chi connectivity index (χ1) is 6.38. The van der Waals surface area contributed by atoms with Crippen molar-refractivity contribution in [1.82, 2.24) is 0 Å². The zero-order valence-electron chi connectivity index (χ0n) is 7.43. The summed E-state index contributed by atoms with van der Waals surface area (Å²) in [5.41, 5.74) is 0. The molecule has 13 heavy (non-hydrogen) atoms. The van der Waals surface area contributed by atoms with Gasteiger partial charge in [-0.3, -0.25) is 4.84 Å². The monoisotopic (exact) mass is 179 g/mol. The van der Waals surface area contributed by atoms with E-state index in [9.17, 15) is 0 Å².